The van der Waals surface area contributed by atoms with E-state index in [9.17, 15) is 30.3 Å². The van der Waals surface area contributed by atoms with Crippen LogP contribution in [0.15, 0.2) is 48.6 Å². The predicted molar refractivity (Wildman–Crippen MR) is 253 cm³/mol. The van der Waals surface area contributed by atoms with Gasteiger partial charge in [0.1, 0.15) is 24.4 Å². The van der Waals surface area contributed by atoms with Gasteiger partial charge in [0.05, 0.1) is 25.4 Å². The summed E-state index contributed by atoms with van der Waals surface area (Å²) < 4.78 is 11.2. The second-order valence-corrected chi connectivity index (χ2v) is 17.6. The van der Waals surface area contributed by atoms with E-state index >= 15 is 0 Å². The van der Waals surface area contributed by atoms with Crippen LogP contribution >= 0.6 is 0 Å². The zero-order valence-corrected chi connectivity index (χ0v) is 39.2. The molecule has 61 heavy (non-hydrogen) atoms. The third-order valence-electron chi connectivity index (χ3n) is 11.9. The van der Waals surface area contributed by atoms with Gasteiger partial charge >= 0.3 is 0 Å². The molecule has 0 saturated carbocycles. The Kier molecular flexibility index (Phi) is 39.5. The molecule has 0 aromatic carbocycles. The first kappa shape index (κ1) is 57.2. The highest BCUT2D eigenvalue weighted by Crippen LogP contribution is 2.23. The summed E-state index contributed by atoms with van der Waals surface area (Å²) in [5, 5.41) is 54.3. The fourth-order valence-electron chi connectivity index (χ4n) is 7.79. The minimum Gasteiger partial charge on any atom is -0.394 e. The quantitative estimate of drug-likeness (QED) is 0.0262. The summed E-state index contributed by atoms with van der Waals surface area (Å²) in [7, 11) is 0. The van der Waals surface area contributed by atoms with Gasteiger partial charge in [0.2, 0.25) is 5.91 Å². The van der Waals surface area contributed by atoms with E-state index in [0.717, 1.165) is 51.4 Å². The monoisotopic (exact) mass is 862 g/mol. The Labute approximate surface area is 373 Å². The van der Waals surface area contributed by atoms with Crippen LogP contribution in [0.1, 0.15) is 219 Å². The third kappa shape index (κ3) is 32.5. The molecule has 356 valence electrons. The highest BCUT2D eigenvalue weighted by Gasteiger charge is 2.44. The van der Waals surface area contributed by atoms with Crippen LogP contribution < -0.4 is 5.32 Å². The van der Waals surface area contributed by atoms with E-state index in [-0.39, 0.29) is 12.5 Å². The van der Waals surface area contributed by atoms with E-state index in [1.807, 2.05) is 6.08 Å². The molecule has 1 amide bonds. The van der Waals surface area contributed by atoms with Crippen LogP contribution in [0.4, 0.5) is 0 Å². The number of hydrogen-bond donors (Lipinski definition) is 6. The molecule has 1 aliphatic heterocycles. The van der Waals surface area contributed by atoms with Crippen LogP contribution in [-0.4, -0.2) is 87.5 Å². The van der Waals surface area contributed by atoms with Gasteiger partial charge < -0.3 is 40.3 Å². The van der Waals surface area contributed by atoms with Crippen molar-refractivity contribution in [1.82, 2.24) is 5.32 Å². The second kappa shape index (κ2) is 42.1. The van der Waals surface area contributed by atoms with Crippen molar-refractivity contribution in [1.29, 1.82) is 0 Å². The largest absolute Gasteiger partial charge is 0.394 e. The summed E-state index contributed by atoms with van der Waals surface area (Å²) in [5.41, 5.74) is 0. The number of ether oxygens (including phenoxy) is 2. The van der Waals surface area contributed by atoms with Crippen LogP contribution in [0.3, 0.4) is 0 Å². The Morgan fingerprint density at radius 1 is 0.557 bits per heavy atom. The van der Waals surface area contributed by atoms with Gasteiger partial charge in [-0.25, -0.2) is 0 Å². The molecule has 7 atom stereocenters. The van der Waals surface area contributed by atoms with Gasteiger partial charge in [0.15, 0.2) is 6.29 Å². The number of rotatable bonds is 42. The first-order valence-corrected chi connectivity index (χ1v) is 25.4. The lowest BCUT2D eigenvalue weighted by molar-refractivity contribution is -0.302. The van der Waals surface area contributed by atoms with E-state index in [2.05, 4.69) is 55.6 Å². The van der Waals surface area contributed by atoms with Crippen molar-refractivity contribution < 1.29 is 39.8 Å². The fourth-order valence-corrected chi connectivity index (χ4v) is 7.79. The molecule has 9 heteroatoms. The van der Waals surface area contributed by atoms with Crippen molar-refractivity contribution in [2.45, 2.75) is 262 Å². The lowest BCUT2D eigenvalue weighted by atomic mass is 9.99. The third-order valence-corrected chi connectivity index (χ3v) is 11.9. The molecule has 0 radical (unpaired) electrons. The number of amides is 1. The van der Waals surface area contributed by atoms with Gasteiger partial charge in [-0.3, -0.25) is 4.79 Å². The van der Waals surface area contributed by atoms with Crippen LogP contribution in [0.2, 0.25) is 0 Å². The van der Waals surface area contributed by atoms with E-state index < -0.39 is 49.5 Å². The molecule has 0 spiro atoms. The maximum atomic E-state index is 13.0. The molecule has 7 unspecified atom stereocenters. The van der Waals surface area contributed by atoms with Crippen LogP contribution in [0, 0.1) is 0 Å². The fraction of sp³-hybridized carbons (Fsp3) is 0.827. The number of unbranched alkanes of at least 4 members (excludes halogenated alkanes) is 26. The normalized spacial score (nSPS) is 20.8. The zero-order valence-electron chi connectivity index (χ0n) is 39.2. The Balaban J connectivity index is 2.33. The minimum absolute atomic E-state index is 0.192. The van der Waals surface area contributed by atoms with Crippen molar-refractivity contribution in [2.24, 2.45) is 0 Å². The number of nitrogens with one attached hydrogen (secondary N) is 1. The number of allylic oxidation sites excluding steroid dienone is 7. The summed E-state index contributed by atoms with van der Waals surface area (Å²) in [6, 6.07) is -0.824. The molecule has 1 rings (SSSR count). The lowest BCUT2D eigenvalue weighted by Gasteiger charge is -2.40. The molecule has 0 aliphatic carbocycles. The van der Waals surface area contributed by atoms with Crippen molar-refractivity contribution in [3.05, 3.63) is 48.6 Å². The van der Waals surface area contributed by atoms with Crippen molar-refractivity contribution in [3.8, 4) is 0 Å². The number of aliphatic hydroxyl groups is 5. The summed E-state index contributed by atoms with van der Waals surface area (Å²) in [6.07, 6.45) is 47.3. The van der Waals surface area contributed by atoms with Crippen molar-refractivity contribution in [3.63, 3.8) is 0 Å². The summed E-state index contributed by atoms with van der Waals surface area (Å²) in [6.45, 7) is 3.75. The minimum atomic E-state index is -1.57. The molecular formula is C52H95NO8. The standard InChI is InChI=1S/C52H95NO8/c1-3-5-7-9-11-13-15-17-19-21-22-23-24-26-28-30-32-34-36-38-40-42-48(56)53-45(44-60-52-51(59)50(58)49(57)47(43-54)61-52)46(55)41-39-37-35-33-31-29-27-25-20-18-16-14-12-10-8-6-4-2/h15,17,21-22,31,33,39,41,45-47,49-52,54-55,57-59H,3-14,16,18-20,23-30,32,34-38,40,42-44H2,1-2H3,(H,53,56)/b17-15-,22-21-,33-31+,41-39+. The Morgan fingerprint density at radius 3 is 1.48 bits per heavy atom. The molecule has 0 aromatic rings. The summed E-state index contributed by atoms with van der Waals surface area (Å²) >= 11 is 0. The SMILES string of the molecule is CCCCCCC/C=C\C/C=C\CCCCCCCCCCCC(=O)NC(COC1OC(CO)C(O)C(O)C1O)C(O)/C=C/CC/C=C/CCCCCCCCCCCCC. The molecule has 0 aromatic heterocycles. The van der Waals surface area contributed by atoms with Crippen molar-refractivity contribution in [2.75, 3.05) is 13.2 Å². The zero-order chi connectivity index (χ0) is 44.4. The van der Waals surface area contributed by atoms with E-state index in [1.165, 1.54) is 148 Å². The first-order valence-electron chi connectivity index (χ1n) is 25.4. The number of carbonyl (C=O) groups excluding carboxylic acids is 1. The molecule has 1 saturated heterocycles. The first-order chi connectivity index (χ1) is 29.8. The van der Waals surface area contributed by atoms with E-state index in [1.54, 1.807) is 6.08 Å². The van der Waals surface area contributed by atoms with E-state index in [4.69, 9.17) is 9.47 Å². The molecular weight excluding hydrogens is 767 g/mol. The average Bonchev–Trinajstić information content (AvgIpc) is 3.26. The number of hydrogen-bond acceptors (Lipinski definition) is 8. The van der Waals surface area contributed by atoms with Gasteiger partial charge in [-0.05, 0) is 64.2 Å². The molecule has 1 aliphatic rings. The Bertz CT molecular complexity index is 1090. The Morgan fingerprint density at radius 2 is 0.984 bits per heavy atom. The van der Waals surface area contributed by atoms with Gasteiger partial charge in [0, 0.05) is 6.42 Å². The van der Waals surface area contributed by atoms with Crippen LogP contribution in [-0.2, 0) is 14.3 Å². The molecule has 1 fully saturated rings. The smallest absolute Gasteiger partial charge is 0.220 e. The lowest BCUT2D eigenvalue weighted by Crippen LogP contribution is -2.60. The topological polar surface area (TPSA) is 149 Å². The molecule has 0 bridgehead atoms. The molecule has 9 nitrogen and oxygen atoms in total. The Hall–Kier alpha value is -1.85. The number of carbonyl (C=O) groups is 1. The second-order valence-electron chi connectivity index (χ2n) is 17.6. The van der Waals surface area contributed by atoms with Crippen LogP contribution in [0.25, 0.3) is 0 Å². The molecule has 6 N–H and O–H groups in total. The highest BCUT2D eigenvalue weighted by atomic mass is 16.7. The molecule has 1 heterocycles. The van der Waals surface area contributed by atoms with E-state index in [0.29, 0.717) is 6.42 Å². The van der Waals surface area contributed by atoms with Crippen molar-refractivity contribution >= 4 is 5.91 Å². The van der Waals surface area contributed by atoms with Gasteiger partial charge in [-0.15, -0.1) is 0 Å². The van der Waals surface area contributed by atoms with Crippen LogP contribution in [0.5, 0.6) is 0 Å². The summed E-state index contributed by atoms with van der Waals surface area (Å²) in [5.74, 6) is -0.192. The maximum Gasteiger partial charge on any atom is 0.220 e. The number of aliphatic hydroxyl groups excluding tert-OH is 5. The highest BCUT2D eigenvalue weighted by molar-refractivity contribution is 5.76. The average molecular weight is 862 g/mol. The van der Waals surface area contributed by atoms with Gasteiger partial charge in [0.25, 0.3) is 0 Å². The van der Waals surface area contributed by atoms with Gasteiger partial charge in [-0.1, -0.05) is 197 Å². The van der Waals surface area contributed by atoms with Gasteiger partial charge in [-0.2, -0.15) is 0 Å². The maximum absolute atomic E-state index is 13.0. The summed E-state index contributed by atoms with van der Waals surface area (Å²) in [4.78, 5) is 13.0. The predicted octanol–water partition coefficient (Wildman–Crippen LogP) is 11.4.